The van der Waals surface area contributed by atoms with Crippen LogP contribution in [0.15, 0.2) is 30.3 Å². The molecular formula is C89H148N24O24. The molecule has 0 aliphatic carbocycles. The molecule has 0 radical (unpaired) electrons. The number of amides is 23. The van der Waals surface area contributed by atoms with Crippen LogP contribution >= 0.6 is 0 Å². The highest BCUT2D eigenvalue weighted by Gasteiger charge is 2.47. The minimum Gasteiger partial charge on any atom is -0.394 e. The van der Waals surface area contributed by atoms with Gasteiger partial charge in [0.05, 0.1) is 19.2 Å². The topological polar surface area (TPSA) is 749 Å². The lowest BCUT2D eigenvalue weighted by Crippen LogP contribution is -2.66. The molecule has 12 atom stereocenters. The van der Waals surface area contributed by atoms with Crippen LogP contribution in [0.2, 0.25) is 0 Å². The van der Waals surface area contributed by atoms with Crippen molar-refractivity contribution in [1.29, 1.82) is 0 Å². The van der Waals surface area contributed by atoms with Gasteiger partial charge in [-0.1, -0.05) is 58.0 Å². The normalized spacial score (nSPS) is 15.4. The summed E-state index contributed by atoms with van der Waals surface area (Å²) in [5.74, 6) is -21.2. The average molecular weight is 1940 g/mol. The summed E-state index contributed by atoms with van der Waals surface area (Å²) in [5, 5.41) is 57.8. The first-order valence-corrected chi connectivity index (χ1v) is 45.4. The number of hydrogen-bond acceptors (Lipinski definition) is 25. The lowest BCUT2D eigenvalue weighted by atomic mass is 9.96. The Labute approximate surface area is 798 Å². The van der Waals surface area contributed by atoms with Gasteiger partial charge in [-0.25, -0.2) is 0 Å². The van der Waals surface area contributed by atoms with Gasteiger partial charge in [-0.2, -0.15) is 0 Å². The molecular weight excluding hydrogens is 1790 g/mol. The number of unbranched alkanes of at least 4 members (excludes halogenated alkanes) is 1. The van der Waals surface area contributed by atoms with Crippen LogP contribution in [0, 0.1) is 11.8 Å². The second-order valence-corrected chi connectivity index (χ2v) is 38.7. The van der Waals surface area contributed by atoms with Crippen molar-refractivity contribution in [3.8, 4) is 0 Å². The maximum Gasteiger partial charge on any atom is 0.248 e. The maximum absolute atomic E-state index is 14.6. The molecule has 12 unspecified atom stereocenters. The van der Waals surface area contributed by atoms with Crippen molar-refractivity contribution in [2.24, 2.45) is 34.8 Å². The molecule has 0 bridgehead atoms. The smallest absolute Gasteiger partial charge is 0.248 e. The third-order valence-corrected chi connectivity index (χ3v) is 22.1. The van der Waals surface area contributed by atoms with Crippen LogP contribution in [0.3, 0.4) is 0 Å². The van der Waals surface area contributed by atoms with Crippen molar-refractivity contribution < 1.29 is 115 Å². The van der Waals surface area contributed by atoms with Crippen LogP contribution in [0.5, 0.6) is 0 Å². The Bertz CT molecular complexity index is 4550. The van der Waals surface area contributed by atoms with E-state index in [1.165, 1.54) is 136 Å². The molecule has 1 saturated heterocycles. The van der Waals surface area contributed by atoms with Gasteiger partial charge in [0, 0.05) is 32.7 Å². The van der Waals surface area contributed by atoms with Crippen molar-refractivity contribution in [2.45, 2.75) is 348 Å². The predicted octanol–water partition coefficient (Wildman–Crippen LogP) is -6.74. The van der Waals surface area contributed by atoms with Gasteiger partial charge in [0.1, 0.15) is 105 Å². The zero-order valence-corrected chi connectivity index (χ0v) is 82.9. The molecule has 48 heteroatoms. The van der Waals surface area contributed by atoms with Crippen LogP contribution in [-0.4, -0.2) is 283 Å². The highest BCUT2D eigenvalue weighted by atomic mass is 16.3. The monoisotopic (exact) mass is 1940 g/mol. The van der Waals surface area contributed by atoms with Crippen LogP contribution in [-0.2, 0) is 117 Å². The lowest BCUT2D eigenvalue weighted by Gasteiger charge is -2.36. The zero-order valence-electron chi connectivity index (χ0n) is 82.9. The predicted molar refractivity (Wildman–Crippen MR) is 498 cm³/mol. The molecule has 1 heterocycles. The first-order chi connectivity index (χ1) is 63.0. The molecule has 23 amide bonds. The van der Waals surface area contributed by atoms with Gasteiger partial charge in [-0.15, -0.1) is 0 Å². The second kappa shape index (κ2) is 52.9. The molecule has 1 aliphatic rings. The van der Waals surface area contributed by atoms with Crippen molar-refractivity contribution in [1.82, 2.24) is 106 Å². The fraction of sp³-hybridized carbons (Fsp3) is 0.674. The number of likely N-dealkylation sites (tertiary alicyclic amines) is 1. The van der Waals surface area contributed by atoms with Gasteiger partial charge >= 0.3 is 0 Å². The number of benzene rings is 1. The minimum atomic E-state index is -1.90. The molecule has 1 aromatic carbocycles. The number of carbonyl (C=O) groups is 23. The summed E-state index contributed by atoms with van der Waals surface area (Å²) in [5.41, 5.74) is 10.5. The molecule has 137 heavy (non-hydrogen) atoms. The van der Waals surface area contributed by atoms with Gasteiger partial charge in [-0.3, -0.25) is 110 Å². The fourth-order valence-electron chi connectivity index (χ4n) is 13.5. The van der Waals surface area contributed by atoms with E-state index in [9.17, 15) is 115 Å². The summed E-state index contributed by atoms with van der Waals surface area (Å²) in [4.78, 5) is 311. The number of aliphatic hydroxyl groups is 1. The molecule has 0 aromatic heterocycles. The summed E-state index contributed by atoms with van der Waals surface area (Å²) in [6, 6.07) is -7.27. The van der Waals surface area contributed by atoms with Crippen LogP contribution in [0.4, 0.5) is 0 Å². The second-order valence-electron chi connectivity index (χ2n) is 38.7. The molecule has 28 N–H and O–H groups in total. The summed E-state index contributed by atoms with van der Waals surface area (Å²) in [7, 11) is 0. The SMILES string of the molecule is CC(=O)NC(C)(C)C(=O)NC(C)C(=O)NC(C)(C)C(=O)NC(C)C(=O)NC(C)(C)C(=O)NC(C)C(=O)NC(CCC(N)=O)C(=O)NC(C)(C)C(=O)NC(C(=O)NC(C)C(=O)NCC(=O)NC(CCCCN)C(=O)NC(C)(C)C(=O)N1CCCC1C(=O)NC(C(=O)NC(C)(C)C(=O)NC(C)(C)C(=O)NC(CCC(N)=O)C(=O)NC(CCC(N)=O)C(=O)NC(CO)Cc1ccccc1)C(C)C)C(C)C. The zero-order chi connectivity index (χ0) is 105. The maximum atomic E-state index is 14.6. The van der Waals surface area contributed by atoms with Gasteiger partial charge in [0.2, 0.25) is 136 Å². The Kier molecular flexibility index (Phi) is 46.3. The standard InChI is InChI=1S/C89H148N24O24/c1-45(2)63(105-80(135)86(16,17)109-72(127)57(36-39-61(93)118)101-66(121)48(6)96-77(132)84(12,13)107-68(123)50(8)98-78(133)85(14,15)108-67(122)49(7)97-76(131)83(10,11)106-51(9)115)74(129)95-47(5)65(120)94-43-62(119)100-54(32-27-28-40-90)71(126)110-89(22,23)82(137)113-41-29-33-58(113)73(128)104-64(46(3)4)75(130)111-88(20,21)81(136)112-87(18,19)79(134)103-56(35-38-60(92)117)70(125)102-55(34-37-59(91)116)69(124)99-53(44-114)42-52-30-25-24-26-31-52/h24-26,30-31,45-50,53-58,63-64,114H,27-29,32-44,90H2,1-23H3,(H2,91,116)(H2,92,117)(H2,93,118)(H,94,120)(H,95,129)(H,96,132)(H,97,131)(H,98,133)(H,99,124)(H,100,119)(H,101,121)(H,102,125)(H,103,134)(H,104,128)(H,105,135)(H,106,115)(H,107,123)(H,108,122)(H,109,127)(H,110,126)(H,111,130)(H,112,136). The average Bonchev–Trinajstić information content (AvgIpc) is 1.70. The number of rotatable bonds is 56. The van der Waals surface area contributed by atoms with E-state index >= 15 is 0 Å². The Balaban J connectivity index is 2.16. The Morgan fingerprint density at radius 1 is 0.380 bits per heavy atom. The molecule has 1 fully saturated rings. The Morgan fingerprint density at radius 2 is 0.752 bits per heavy atom. The third-order valence-electron chi connectivity index (χ3n) is 22.1. The Morgan fingerprint density at radius 3 is 1.20 bits per heavy atom. The van der Waals surface area contributed by atoms with Crippen molar-refractivity contribution in [2.75, 3.05) is 26.2 Å². The molecule has 0 spiro atoms. The molecule has 1 aromatic rings. The van der Waals surface area contributed by atoms with E-state index in [2.05, 4.69) is 101 Å². The molecule has 1 aliphatic heterocycles. The fourth-order valence-corrected chi connectivity index (χ4v) is 13.5. The van der Waals surface area contributed by atoms with Crippen molar-refractivity contribution in [3.63, 3.8) is 0 Å². The van der Waals surface area contributed by atoms with E-state index in [1.54, 1.807) is 58.0 Å². The quantitative estimate of drug-likeness (QED) is 0.0270. The van der Waals surface area contributed by atoms with E-state index in [1.807, 2.05) is 0 Å². The summed E-state index contributed by atoms with van der Waals surface area (Å²) in [6.07, 6.45) is -1.16. The summed E-state index contributed by atoms with van der Waals surface area (Å²) < 4.78 is 0. The van der Waals surface area contributed by atoms with Crippen LogP contribution in [0.25, 0.3) is 0 Å². The van der Waals surface area contributed by atoms with Crippen LogP contribution < -0.4 is 124 Å². The lowest BCUT2D eigenvalue weighted by molar-refractivity contribution is -0.146. The number of nitrogens with zero attached hydrogens (tertiary/aromatic N) is 1. The molecule has 0 saturated carbocycles. The van der Waals surface area contributed by atoms with E-state index in [0.717, 1.165) is 5.56 Å². The number of aliphatic hydroxyl groups excluding tert-OH is 1. The van der Waals surface area contributed by atoms with Crippen LogP contribution in [0.1, 0.15) is 235 Å². The van der Waals surface area contributed by atoms with E-state index in [0.29, 0.717) is 12.8 Å². The number of nitrogens with two attached hydrogens (primary N) is 4. The first-order valence-electron chi connectivity index (χ1n) is 45.4. The molecule has 2 rings (SSSR count). The minimum absolute atomic E-state index is 0.0194. The molecule has 768 valence electrons. The van der Waals surface area contributed by atoms with Gasteiger partial charge in [-0.05, 0) is 206 Å². The van der Waals surface area contributed by atoms with Crippen molar-refractivity contribution >= 4 is 136 Å². The van der Waals surface area contributed by atoms with E-state index < -0.39 is 298 Å². The number of carbonyl (C=O) groups excluding carboxylic acids is 23. The van der Waals surface area contributed by atoms with Gasteiger partial charge in [0.25, 0.3) is 0 Å². The molecule has 48 nitrogen and oxygen atoms in total. The highest BCUT2D eigenvalue weighted by molar-refractivity contribution is 6.04. The summed E-state index contributed by atoms with van der Waals surface area (Å²) in [6.45, 7) is 30.0. The first kappa shape index (κ1) is 120. The highest BCUT2D eigenvalue weighted by Crippen LogP contribution is 2.24. The number of hydrogen-bond donors (Lipinski definition) is 24. The number of primary amides is 3. The number of nitrogens with one attached hydrogen (secondary N) is 19. The van der Waals surface area contributed by atoms with Gasteiger partial charge < -0.3 is 134 Å². The van der Waals surface area contributed by atoms with Crippen molar-refractivity contribution in [3.05, 3.63) is 35.9 Å². The van der Waals surface area contributed by atoms with E-state index in [-0.39, 0.29) is 51.6 Å². The Hall–Kier alpha value is -13.1. The third kappa shape index (κ3) is 39.7. The largest absolute Gasteiger partial charge is 0.394 e. The summed E-state index contributed by atoms with van der Waals surface area (Å²) >= 11 is 0. The van der Waals surface area contributed by atoms with Gasteiger partial charge in [0.15, 0.2) is 0 Å². The van der Waals surface area contributed by atoms with E-state index in [4.69, 9.17) is 22.9 Å².